The number of carbonyl (C=O) groups is 3. The van der Waals surface area contributed by atoms with Gasteiger partial charge in [-0.3, -0.25) is 9.59 Å². The van der Waals surface area contributed by atoms with E-state index in [4.69, 9.17) is 18.9 Å². The molecule has 0 heterocycles. The Labute approximate surface area is 595 Å². The summed E-state index contributed by atoms with van der Waals surface area (Å²) in [6.45, 7) is 4.47. The van der Waals surface area contributed by atoms with E-state index in [-0.39, 0.29) is 38.6 Å². The molecule has 546 valence electrons. The average Bonchev–Trinajstić information content (AvgIpc) is 2.39. The van der Waals surface area contributed by atoms with Crippen molar-refractivity contribution in [2.24, 2.45) is 0 Å². The first kappa shape index (κ1) is 91.1. The maximum atomic E-state index is 12.9. The number of ether oxygens (including phenoxy) is 4. The summed E-state index contributed by atoms with van der Waals surface area (Å²) in [6.07, 6.45) is 114. The summed E-state index contributed by atoms with van der Waals surface area (Å²) in [5.41, 5.74) is 0. The zero-order valence-corrected chi connectivity index (χ0v) is 62.4. The van der Waals surface area contributed by atoms with Crippen molar-refractivity contribution >= 4 is 17.9 Å². The van der Waals surface area contributed by atoms with Crippen molar-refractivity contribution in [3.63, 3.8) is 0 Å². The number of carbonyl (C=O) groups excluding carboxylic acids is 3. The zero-order valence-electron chi connectivity index (χ0n) is 62.4. The summed E-state index contributed by atoms with van der Waals surface area (Å²) in [6, 6.07) is 0. The second-order valence-electron chi connectivity index (χ2n) is 26.2. The van der Waals surface area contributed by atoms with Crippen LogP contribution in [0.3, 0.4) is 0 Å². The Kier molecular flexibility index (Phi) is 71.3. The summed E-state index contributed by atoms with van der Waals surface area (Å²) in [4.78, 5) is 37.6. The lowest BCUT2D eigenvalue weighted by atomic mass is 10.0. The molecule has 0 rings (SSSR count). The van der Waals surface area contributed by atoms with Crippen molar-refractivity contribution in [2.45, 2.75) is 296 Å². The number of aliphatic carboxylic acids is 1. The highest BCUT2D eigenvalue weighted by atomic mass is 16.7. The lowest BCUT2D eigenvalue weighted by Gasteiger charge is -2.26. The van der Waals surface area contributed by atoms with Crippen molar-refractivity contribution in [2.75, 3.05) is 47.5 Å². The van der Waals surface area contributed by atoms with Crippen molar-refractivity contribution in [3.05, 3.63) is 194 Å². The average molecular weight is 1340 g/mol. The Morgan fingerprint density at radius 3 is 0.845 bits per heavy atom. The molecule has 0 aliphatic heterocycles. The Hall–Kier alpha value is -5.87. The van der Waals surface area contributed by atoms with Crippen LogP contribution in [-0.4, -0.2) is 82.3 Å². The van der Waals surface area contributed by atoms with Crippen LogP contribution in [0.15, 0.2) is 194 Å². The van der Waals surface area contributed by atoms with Crippen molar-refractivity contribution in [1.29, 1.82) is 0 Å². The molecule has 97 heavy (non-hydrogen) atoms. The van der Waals surface area contributed by atoms with Crippen LogP contribution in [0.2, 0.25) is 0 Å². The van der Waals surface area contributed by atoms with E-state index in [1.54, 1.807) is 0 Å². The summed E-state index contributed by atoms with van der Waals surface area (Å²) in [5.74, 6) is -2.35. The molecule has 0 aliphatic rings. The smallest absolute Gasteiger partial charge is 0.306 e. The molecule has 2 unspecified atom stereocenters. The van der Waals surface area contributed by atoms with Gasteiger partial charge in [0.15, 0.2) is 12.4 Å². The minimum Gasteiger partial charge on any atom is -0.545 e. The minimum absolute atomic E-state index is 0.130. The fourth-order valence-corrected chi connectivity index (χ4v) is 10.0. The number of rotatable bonds is 69. The van der Waals surface area contributed by atoms with E-state index in [9.17, 15) is 19.5 Å². The van der Waals surface area contributed by atoms with Gasteiger partial charge in [0, 0.05) is 12.8 Å². The number of hydrogen-bond acceptors (Lipinski definition) is 8. The van der Waals surface area contributed by atoms with Gasteiger partial charge in [0.1, 0.15) is 13.2 Å². The zero-order chi connectivity index (χ0) is 70.4. The molecule has 2 atom stereocenters. The van der Waals surface area contributed by atoms with Gasteiger partial charge < -0.3 is 33.3 Å². The molecule has 0 aromatic heterocycles. The first-order valence-corrected chi connectivity index (χ1v) is 38.6. The van der Waals surface area contributed by atoms with Crippen molar-refractivity contribution < 1.29 is 42.9 Å². The molecule has 0 aromatic rings. The van der Waals surface area contributed by atoms with E-state index >= 15 is 0 Å². The van der Waals surface area contributed by atoms with Crippen molar-refractivity contribution in [1.82, 2.24) is 0 Å². The Morgan fingerprint density at radius 1 is 0.309 bits per heavy atom. The highest BCUT2D eigenvalue weighted by Crippen LogP contribution is 2.17. The van der Waals surface area contributed by atoms with Crippen LogP contribution >= 0.6 is 0 Å². The van der Waals surface area contributed by atoms with Crippen LogP contribution in [0, 0.1) is 0 Å². The molecule has 0 spiro atoms. The molecule has 0 aliphatic carbocycles. The highest BCUT2D eigenvalue weighted by molar-refractivity contribution is 5.70. The Bertz CT molecular complexity index is 2310. The molecule has 0 radical (unpaired) electrons. The quantitative estimate of drug-likeness (QED) is 0.0195. The molecule has 0 N–H and O–H groups in total. The highest BCUT2D eigenvalue weighted by Gasteiger charge is 2.22. The number of hydrogen-bond donors (Lipinski definition) is 0. The van der Waals surface area contributed by atoms with Crippen LogP contribution in [0.25, 0.3) is 0 Å². The van der Waals surface area contributed by atoms with Crippen LogP contribution in [0.5, 0.6) is 0 Å². The molecule has 0 amide bonds. The molecule has 9 nitrogen and oxygen atoms in total. The predicted octanol–water partition coefficient (Wildman–Crippen LogP) is 23.6. The van der Waals surface area contributed by atoms with E-state index < -0.39 is 24.3 Å². The predicted molar refractivity (Wildman–Crippen MR) is 416 cm³/mol. The molecule has 0 aromatic carbocycles. The van der Waals surface area contributed by atoms with Crippen molar-refractivity contribution in [3.8, 4) is 0 Å². The fraction of sp³-hybridized carbons (Fsp3) is 0.602. The van der Waals surface area contributed by atoms with E-state index in [0.29, 0.717) is 17.4 Å². The van der Waals surface area contributed by atoms with Crippen LogP contribution in [0.1, 0.15) is 284 Å². The molecule has 0 saturated heterocycles. The van der Waals surface area contributed by atoms with Gasteiger partial charge in [-0.15, -0.1) is 0 Å². The second-order valence-corrected chi connectivity index (χ2v) is 26.2. The third-order valence-electron chi connectivity index (χ3n) is 15.8. The minimum atomic E-state index is -1.65. The number of unbranched alkanes of at least 4 members (excludes halogenated alkanes) is 22. The van der Waals surface area contributed by atoms with Crippen LogP contribution < -0.4 is 5.11 Å². The van der Waals surface area contributed by atoms with Gasteiger partial charge in [-0.25, -0.2) is 0 Å². The summed E-state index contributed by atoms with van der Waals surface area (Å²) in [5, 5.41) is 11.9. The lowest BCUT2D eigenvalue weighted by molar-refractivity contribution is -0.870. The molecular weight excluding hydrogens is 1200 g/mol. The second kappa shape index (κ2) is 75.9. The van der Waals surface area contributed by atoms with Gasteiger partial charge in [-0.2, -0.15) is 0 Å². The van der Waals surface area contributed by atoms with Gasteiger partial charge in [-0.1, -0.05) is 324 Å². The normalized spacial score (nSPS) is 13.8. The SMILES string of the molecule is CC/C=C\C/C=C\C/C=C\C/C=C\C/C=C\C/C=C\C/C=C\C/C=C\C/C=C\C/C=C\C/C=C\C/C=C\CCCCC(=O)OC(COC(=O)CCCCCCCCCCCCCCCCCCCCCC/C=C\C/C=C\C/C=C\C/C=C\CC)COC(OCC[N+](C)(C)C)C(=O)[O-]. The van der Waals surface area contributed by atoms with E-state index in [1.165, 1.54) is 116 Å². The maximum Gasteiger partial charge on any atom is 0.306 e. The third kappa shape index (κ3) is 77.4. The summed E-state index contributed by atoms with van der Waals surface area (Å²) < 4.78 is 22.8. The number of carboxylic acids is 1. The number of esters is 2. The Balaban J connectivity index is 4.20. The monoisotopic (exact) mass is 1340 g/mol. The van der Waals surface area contributed by atoms with Crippen LogP contribution in [-0.2, 0) is 33.3 Å². The van der Waals surface area contributed by atoms with E-state index in [2.05, 4.69) is 208 Å². The number of quaternary nitrogens is 1. The topological polar surface area (TPSA) is 111 Å². The molecule has 0 bridgehead atoms. The number of likely N-dealkylation sites (N-methyl/N-ethyl adjacent to an activating group) is 1. The number of allylic oxidation sites excluding steroid dienone is 32. The lowest BCUT2D eigenvalue weighted by Crippen LogP contribution is -2.44. The largest absolute Gasteiger partial charge is 0.545 e. The summed E-state index contributed by atoms with van der Waals surface area (Å²) >= 11 is 0. The maximum absolute atomic E-state index is 12.9. The molecule has 0 saturated carbocycles. The molecule has 0 fully saturated rings. The molecular formula is C88H141NO8. The van der Waals surface area contributed by atoms with Gasteiger partial charge in [-0.05, 0) is 141 Å². The van der Waals surface area contributed by atoms with Crippen LogP contribution in [0.4, 0.5) is 0 Å². The fourth-order valence-electron chi connectivity index (χ4n) is 10.0. The number of carboxylic acid groups (broad SMARTS) is 1. The Morgan fingerprint density at radius 2 is 0.557 bits per heavy atom. The first-order valence-electron chi connectivity index (χ1n) is 38.6. The number of nitrogens with zero attached hydrogens (tertiary/aromatic N) is 1. The van der Waals surface area contributed by atoms with Gasteiger partial charge >= 0.3 is 11.9 Å². The first-order chi connectivity index (χ1) is 47.6. The van der Waals surface area contributed by atoms with Gasteiger partial charge in [0.05, 0.1) is 40.3 Å². The van der Waals surface area contributed by atoms with Gasteiger partial charge in [0.25, 0.3) is 0 Å². The van der Waals surface area contributed by atoms with E-state index in [0.717, 1.165) is 135 Å². The summed E-state index contributed by atoms with van der Waals surface area (Å²) in [7, 11) is 5.91. The standard InChI is InChI=1S/C88H141NO8/c1-6-8-10-12-14-16-18-20-22-24-26-28-30-32-34-36-38-40-41-42-43-44-45-47-49-51-53-55-57-59-61-63-65-67-69-71-73-75-77-79-86(91)97-84(83-96-88(87(92)93)94-81-80-89(3,4)5)82-95-85(90)78-76-74-72-70-68-66-64-62-60-58-56-54-52-50-48-46-39-37-35-33-31-29-27-25-23-21-19-17-15-13-11-9-7-2/h8-11,14-17,20-23,26-29,32,34,38,40,42-43,45,47,51,53,57,59,63,65,69,71,84,88H,6-7,12-13,18-19,24-25,30-31,33,35-37,39,41,44,46,48-50,52,54-56,58,60-62,64,66-68,70,72-83H2,1-5H3/b10-8-,11-9-,16-14-,17-15-,22-20-,23-21-,28-26-,29-27-,34-32-,40-38-,43-42-,47-45-,53-51-,59-57-,65-63-,71-69-. The third-order valence-corrected chi connectivity index (χ3v) is 15.8. The molecule has 9 heteroatoms. The van der Waals surface area contributed by atoms with Gasteiger partial charge in [0.2, 0.25) is 0 Å². The van der Waals surface area contributed by atoms with E-state index in [1.807, 2.05) is 21.1 Å².